The van der Waals surface area contributed by atoms with Gasteiger partial charge in [0.05, 0.1) is 11.3 Å². The van der Waals surface area contributed by atoms with Crippen LogP contribution >= 0.6 is 15.9 Å². The van der Waals surface area contributed by atoms with E-state index in [9.17, 15) is 19.4 Å². The maximum absolute atomic E-state index is 13.5. The van der Waals surface area contributed by atoms with Crippen LogP contribution in [0.3, 0.4) is 0 Å². The fourth-order valence-electron chi connectivity index (χ4n) is 1.49. The Morgan fingerprint density at radius 3 is 2.58 bits per heavy atom. The maximum Gasteiger partial charge on any atom is 0.259 e. The average molecular weight is 326 g/mol. The average Bonchev–Trinajstić information content (AvgIpc) is 2.35. The summed E-state index contributed by atoms with van der Waals surface area (Å²) >= 11 is 3.10. The summed E-state index contributed by atoms with van der Waals surface area (Å²) in [5.74, 6) is -1.79. The van der Waals surface area contributed by atoms with Crippen molar-refractivity contribution in [2.75, 3.05) is 5.32 Å². The first-order valence-electron chi connectivity index (χ1n) is 5.26. The molecule has 0 heterocycles. The largest absolute Gasteiger partial charge is 0.508 e. The Balaban J connectivity index is 2.28. The zero-order valence-electron chi connectivity index (χ0n) is 9.52. The molecule has 98 valence electrons. The number of halogens is 2. The fraction of sp³-hybridized carbons (Fsp3) is 0. The number of hydrogen-bond acceptors (Lipinski definition) is 3. The van der Waals surface area contributed by atoms with Crippen molar-refractivity contribution < 1.29 is 19.4 Å². The number of amides is 1. The molecule has 0 saturated carbocycles. The van der Waals surface area contributed by atoms with Crippen LogP contribution in [0.1, 0.15) is 10.4 Å². The van der Waals surface area contributed by atoms with Gasteiger partial charge in [0.25, 0.3) is 5.91 Å². The Labute approximate surface area is 116 Å². The van der Waals surface area contributed by atoms with Crippen molar-refractivity contribution in [2.45, 2.75) is 0 Å². The van der Waals surface area contributed by atoms with Gasteiger partial charge in [-0.3, -0.25) is 4.79 Å². The number of hydrogen-bond donors (Lipinski definition) is 3. The first-order chi connectivity index (χ1) is 8.97. The van der Waals surface area contributed by atoms with Gasteiger partial charge in [0.15, 0.2) is 0 Å². The highest BCUT2D eigenvalue weighted by Crippen LogP contribution is 2.24. The minimum absolute atomic E-state index is 0.0176. The monoisotopic (exact) mass is 325 g/mol. The number of anilines is 1. The Morgan fingerprint density at radius 1 is 1.16 bits per heavy atom. The van der Waals surface area contributed by atoms with Gasteiger partial charge < -0.3 is 15.5 Å². The number of benzene rings is 2. The molecule has 19 heavy (non-hydrogen) atoms. The second-order valence-electron chi connectivity index (χ2n) is 3.78. The van der Waals surface area contributed by atoms with E-state index in [0.717, 1.165) is 6.07 Å². The predicted molar refractivity (Wildman–Crippen MR) is 71.8 cm³/mol. The van der Waals surface area contributed by atoms with Crippen LogP contribution in [0.2, 0.25) is 0 Å². The fourth-order valence-corrected chi connectivity index (χ4v) is 1.82. The molecule has 0 bridgehead atoms. The molecule has 0 fully saturated rings. The van der Waals surface area contributed by atoms with E-state index in [1.54, 1.807) is 6.07 Å². The molecule has 2 aromatic carbocycles. The van der Waals surface area contributed by atoms with Crippen LogP contribution in [0.5, 0.6) is 11.5 Å². The number of carbonyl (C=O) groups is 1. The third kappa shape index (κ3) is 3.03. The van der Waals surface area contributed by atoms with Crippen LogP contribution in [0.4, 0.5) is 10.1 Å². The van der Waals surface area contributed by atoms with E-state index >= 15 is 0 Å². The van der Waals surface area contributed by atoms with E-state index in [-0.39, 0.29) is 22.7 Å². The van der Waals surface area contributed by atoms with E-state index in [4.69, 9.17) is 0 Å². The van der Waals surface area contributed by atoms with Crippen molar-refractivity contribution in [3.63, 3.8) is 0 Å². The van der Waals surface area contributed by atoms with Gasteiger partial charge >= 0.3 is 0 Å². The Bertz CT molecular complexity index is 646. The third-order valence-corrected chi connectivity index (χ3v) is 2.90. The van der Waals surface area contributed by atoms with Crippen molar-refractivity contribution in [3.05, 3.63) is 52.3 Å². The lowest BCUT2D eigenvalue weighted by molar-refractivity contribution is 0.102. The molecule has 0 spiro atoms. The van der Waals surface area contributed by atoms with Crippen LogP contribution in [-0.4, -0.2) is 16.1 Å². The molecule has 1 amide bonds. The molecule has 0 unspecified atom stereocenters. The summed E-state index contributed by atoms with van der Waals surface area (Å²) in [6, 6.07) is 7.69. The number of nitrogens with one attached hydrogen (secondary N) is 1. The van der Waals surface area contributed by atoms with Gasteiger partial charge in [0, 0.05) is 4.47 Å². The zero-order valence-corrected chi connectivity index (χ0v) is 11.1. The van der Waals surface area contributed by atoms with Crippen LogP contribution in [0.25, 0.3) is 0 Å². The predicted octanol–water partition coefficient (Wildman–Crippen LogP) is 3.25. The second kappa shape index (κ2) is 5.27. The summed E-state index contributed by atoms with van der Waals surface area (Å²) in [7, 11) is 0. The van der Waals surface area contributed by atoms with Gasteiger partial charge in [0.1, 0.15) is 17.3 Å². The molecule has 0 aliphatic carbocycles. The maximum atomic E-state index is 13.5. The van der Waals surface area contributed by atoms with Crippen molar-refractivity contribution in [1.29, 1.82) is 0 Å². The minimum Gasteiger partial charge on any atom is -0.508 e. The third-order valence-electron chi connectivity index (χ3n) is 2.40. The van der Waals surface area contributed by atoms with E-state index < -0.39 is 11.7 Å². The van der Waals surface area contributed by atoms with E-state index in [1.165, 1.54) is 24.3 Å². The van der Waals surface area contributed by atoms with Gasteiger partial charge in [-0.1, -0.05) is 15.9 Å². The van der Waals surface area contributed by atoms with E-state index in [2.05, 4.69) is 21.2 Å². The highest BCUT2D eigenvalue weighted by Gasteiger charge is 2.14. The molecular weight excluding hydrogens is 317 g/mol. The van der Waals surface area contributed by atoms with E-state index in [1.807, 2.05) is 0 Å². The SMILES string of the molecule is O=C(Nc1ccc(Br)cc1F)c1cc(O)ccc1O. The van der Waals surface area contributed by atoms with Crippen LogP contribution in [-0.2, 0) is 0 Å². The van der Waals surface area contributed by atoms with Crippen molar-refractivity contribution >= 4 is 27.5 Å². The van der Waals surface area contributed by atoms with Crippen LogP contribution < -0.4 is 5.32 Å². The Hall–Kier alpha value is -2.08. The minimum atomic E-state index is -0.713. The number of phenols is 2. The van der Waals surface area contributed by atoms with Crippen molar-refractivity contribution in [2.24, 2.45) is 0 Å². The van der Waals surface area contributed by atoms with Crippen molar-refractivity contribution in [3.8, 4) is 11.5 Å². The second-order valence-corrected chi connectivity index (χ2v) is 4.70. The van der Waals surface area contributed by atoms with Gasteiger partial charge in [-0.05, 0) is 36.4 Å². The van der Waals surface area contributed by atoms with Gasteiger partial charge in [-0.25, -0.2) is 4.39 Å². The molecule has 3 N–H and O–H groups in total. The number of carbonyl (C=O) groups excluding carboxylic acids is 1. The molecule has 0 atom stereocenters. The van der Waals surface area contributed by atoms with Gasteiger partial charge in [-0.2, -0.15) is 0 Å². The molecule has 0 aliphatic heterocycles. The molecular formula is C13H9BrFNO3. The lowest BCUT2D eigenvalue weighted by Gasteiger charge is -2.08. The molecule has 4 nitrogen and oxygen atoms in total. The molecule has 0 saturated heterocycles. The smallest absolute Gasteiger partial charge is 0.259 e. The summed E-state index contributed by atoms with van der Waals surface area (Å²) in [6.45, 7) is 0. The molecule has 0 aromatic heterocycles. The Kier molecular flexibility index (Phi) is 3.71. The highest BCUT2D eigenvalue weighted by molar-refractivity contribution is 9.10. The molecule has 2 rings (SSSR count). The van der Waals surface area contributed by atoms with Gasteiger partial charge in [0.2, 0.25) is 0 Å². The first kappa shape index (κ1) is 13.4. The lowest BCUT2D eigenvalue weighted by Crippen LogP contribution is -2.13. The first-order valence-corrected chi connectivity index (χ1v) is 6.05. The number of aromatic hydroxyl groups is 2. The van der Waals surface area contributed by atoms with Crippen LogP contribution in [0, 0.1) is 5.82 Å². The van der Waals surface area contributed by atoms with Crippen LogP contribution in [0.15, 0.2) is 40.9 Å². The molecule has 0 radical (unpaired) electrons. The lowest BCUT2D eigenvalue weighted by atomic mass is 10.1. The summed E-state index contributed by atoms with van der Waals surface area (Å²) in [4.78, 5) is 11.9. The summed E-state index contributed by atoms with van der Waals surface area (Å²) in [5.41, 5.74) is -0.154. The molecule has 2 aromatic rings. The number of phenolic OH excluding ortho intramolecular Hbond substituents is 2. The quantitative estimate of drug-likeness (QED) is 0.742. The van der Waals surface area contributed by atoms with E-state index in [0.29, 0.717) is 4.47 Å². The van der Waals surface area contributed by atoms with Gasteiger partial charge in [-0.15, -0.1) is 0 Å². The highest BCUT2D eigenvalue weighted by atomic mass is 79.9. The summed E-state index contributed by atoms with van der Waals surface area (Å²) < 4.78 is 14.1. The molecule has 0 aliphatic rings. The number of rotatable bonds is 2. The zero-order chi connectivity index (χ0) is 14.0. The topological polar surface area (TPSA) is 69.6 Å². The normalized spacial score (nSPS) is 10.2. The molecule has 6 heteroatoms. The van der Waals surface area contributed by atoms with Crippen molar-refractivity contribution in [1.82, 2.24) is 0 Å². The summed E-state index contributed by atoms with van der Waals surface area (Å²) in [5, 5.41) is 21.1. The Morgan fingerprint density at radius 2 is 1.89 bits per heavy atom. The summed E-state index contributed by atoms with van der Waals surface area (Å²) in [6.07, 6.45) is 0. The standard InChI is InChI=1S/C13H9BrFNO3/c14-7-1-3-11(10(15)5-7)16-13(19)9-6-8(17)2-4-12(9)18/h1-6,17-18H,(H,16,19).